The molecule has 7 nitrogen and oxygen atoms in total. The van der Waals surface area contributed by atoms with Gasteiger partial charge in [0, 0.05) is 11.5 Å². The second kappa shape index (κ2) is 6.64. The van der Waals surface area contributed by atoms with Crippen LogP contribution >= 0.6 is 0 Å². The van der Waals surface area contributed by atoms with Crippen molar-refractivity contribution in [1.82, 2.24) is 5.16 Å². The molecular weight excluding hydrogens is 344 g/mol. The molecule has 0 saturated heterocycles. The zero-order valence-electron chi connectivity index (χ0n) is 14.1. The van der Waals surface area contributed by atoms with Crippen LogP contribution in [0.15, 0.2) is 45.8 Å². The summed E-state index contributed by atoms with van der Waals surface area (Å²) < 4.78 is 43.8. The minimum atomic E-state index is -3.87. The molecule has 1 N–H and O–H groups in total. The first kappa shape index (κ1) is 17.1. The first-order chi connectivity index (χ1) is 12.0. The van der Waals surface area contributed by atoms with Crippen LogP contribution in [0.25, 0.3) is 11.0 Å². The number of ether oxygens (including phenoxy) is 2. The van der Waals surface area contributed by atoms with E-state index in [1.807, 2.05) is 6.92 Å². The largest absolute Gasteiger partial charge is 0.495 e. The summed E-state index contributed by atoms with van der Waals surface area (Å²) in [6, 6.07) is 9.67. The number of anilines is 1. The van der Waals surface area contributed by atoms with Crippen LogP contribution in [0.3, 0.4) is 0 Å². The number of nitrogens with zero attached hydrogens (tertiary/aromatic N) is 1. The van der Waals surface area contributed by atoms with Gasteiger partial charge >= 0.3 is 0 Å². The summed E-state index contributed by atoms with van der Waals surface area (Å²) in [6.07, 6.45) is 0.665. The normalized spacial score (nSPS) is 11.5. The summed E-state index contributed by atoms with van der Waals surface area (Å²) in [6.45, 7) is 1.94. The number of aryl methyl sites for hydroxylation is 1. The highest BCUT2D eigenvalue weighted by Gasteiger charge is 2.22. The van der Waals surface area contributed by atoms with Crippen LogP contribution in [0.4, 0.5) is 5.69 Å². The van der Waals surface area contributed by atoms with Crippen molar-refractivity contribution < 1.29 is 22.4 Å². The van der Waals surface area contributed by atoms with Gasteiger partial charge in [-0.05, 0) is 24.6 Å². The maximum Gasteiger partial charge on any atom is 0.265 e. The van der Waals surface area contributed by atoms with Crippen molar-refractivity contribution in [3.8, 4) is 11.5 Å². The molecule has 0 amide bonds. The molecule has 2 aromatic carbocycles. The lowest BCUT2D eigenvalue weighted by Gasteiger charge is -2.14. The highest BCUT2D eigenvalue weighted by atomic mass is 32.2. The molecule has 0 aliphatic rings. The quantitative estimate of drug-likeness (QED) is 0.724. The van der Waals surface area contributed by atoms with Crippen LogP contribution in [-0.4, -0.2) is 27.8 Å². The number of aromatic nitrogens is 1. The molecule has 3 rings (SSSR count). The van der Waals surface area contributed by atoms with Crippen LogP contribution in [0, 0.1) is 0 Å². The van der Waals surface area contributed by atoms with Gasteiger partial charge in [0.15, 0.2) is 5.58 Å². The Balaban J connectivity index is 2.09. The smallest absolute Gasteiger partial charge is 0.265 e. The van der Waals surface area contributed by atoms with Crippen molar-refractivity contribution >= 4 is 26.7 Å². The number of hydrogen-bond acceptors (Lipinski definition) is 6. The van der Waals surface area contributed by atoms with Crippen molar-refractivity contribution in [3.05, 3.63) is 42.1 Å². The van der Waals surface area contributed by atoms with Crippen molar-refractivity contribution in [2.45, 2.75) is 18.2 Å². The van der Waals surface area contributed by atoms with Gasteiger partial charge in [-0.15, -0.1) is 0 Å². The monoisotopic (exact) mass is 362 g/mol. The minimum absolute atomic E-state index is 0.0423. The van der Waals surface area contributed by atoms with E-state index in [1.54, 1.807) is 30.3 Å². The van der Waals surface area contributed by atoms with Gasteiger partial charge in [0.2, 0.25) is 0 Å². The molecule has 0 fully saturated rings. The van der Waals surface area contributed by atoms with Crippen LogP contribution < -0.4 is 14.2 Å². The van der Waals surface area contributed by atoms with E-state index in [0.717, 1.165) is 11.1 Å². The molecule has 8 heteroatoms. The molecular formula is C17H18N2O5S. The first-order valence-corrected chi connectivity index (χ1v) is 9.10. The van der Waals surface area contributed by atoms with Crippen molar-refractivity contribution in [3.63, 3.8) is 0 Å². The molecule has 3 aromatic rings. The number of fused-ring (bicyclic) bond motifs is 1. The lowest BCUT2D eigenvalue weighted by atomic mass is 10.1. The Kier molecular flexibility index (Phi) is 4.54. The fourth-order valence-electron chi connectivity index (χ4n) is 2.56. The summed E-state index contributed by atoms with van der Waals surface area (Å²) in [7, 11) is -0.986. The van der Waals surface area contributed by atoms with Gasteiger partial charge in [-0.25, -0.2) is 8.42 Å². The van der Waals surface area contributed by atoms with Gasteiger partial charge in [0.05, 0.1) is 25.6 Å². The third-order valence-corrected chi connectivity index (χ3v) is 5.21. The second-order valence-electron chi connectivity index (χ2n) is 5.29. The predicted octanol–water partition coefficient (Wildman–Crippen LogP) is 3.21. The predicted molar refractivity (Wildman–Crippen MR) is 93.7 cm³/mol. The van der Waals surface area contributed by atoms with E-state index in [2.05, 4.69) is 9.88 Å². The van der Waals surface area contributed by atoms with Crippen LogP contribution in [0.2, 0.25) is 0 Å². The summed E-state index contributed by atoms with van der Waals surface area (Å²) in [5, 5.41) is 4.72. The van der Waals surface area contributed by atoms with Gasteiger partial charge in [0.25, 0.3) is 10.0 Å². The molecule has 1 heterocycles. The molecule has 0 aliphatic heterocycles. The molecule has 1 aromatic heterocycles. The summed E-state index contributed by atoms with van der Waals surface area (Å²) in [4.78, 5) is 0.0423. The standard InChI is InChI=1S/C17H18N2O5S/c1-4-12-11-9-13(16(23-3)10-15(11)24-18-12)19-25(20,21)17-8-6-5-7-14(17)22-2/h5-10,19H,4H2,1-3H3. The average Bonchev–Trinajstić information content (AvgIpc) is 3.02. The van der Waals surface area contributed by atoms with E-state index in [0.29, 0.717) is 23.4 Å². The van der Waals surface area contributed by atoms with Gasteiger partial charge in [-0.3, -0.25) is 4.72 Å². The van der Waals surface area contributed by atoms with Crippen molar-refractivity contribution in [1.29, 1.82) is 0 Å². The molecule has 0 unspecified atom stereocenters. The molecule has 0 saturated carbocycles. The van der Waals surface area contributed by atoms with Crippen molar-refractivity contribution in [2.75, 3.05) is 18.9 Å². The van der Waals surface area contributed by atoms with Crippen LogP contribution in [0.1, 0.15) is 12.6 Å². The fourth-order valence-corrected chi connectivity index (χ4v) is 3.79. The van der Waals surface area contributed by atoms with E-state index in [4.69, 9.17) is 14.0 Å². The van der Waals surface area contributed by atoms with Crippen LogP contribution in [-0.2, 0) is 16.4 Å². The summed E-state index contributed by atoms with van der Waals surface area (Å²) in [5.41, 5.74) is 1.59. The molecule has 0 bridgehead atoms. The van der Waals surface area contributed by atoms with Gasteiger partial charge in [-0.1, -0.05) is 24.2 Å². The summed E-state index contributed by atoms with van der Waals surface area (Å²) in [5.74, 6) is 0.596. The number of para-hydroxylation sites is 1. The Morgan fingerprint density at radius 1 is 1.12 bits per heavy atom. The lowest BCUT2D eigenvalue weighted by molar-refractivity contribution is 0.403. The van der Waals surface area contributed by atoms with Crippen molar-refractivity contribution in [2.24, 2.45) is 0 Å². The minimum Gasteiger partial charge on any atom is -0.495 e. The molecule has 0 aliphatic carbocycles. The maximum absolute atomic E-state index is 12.8. The van der Waals surface area contributed by atoms with E-state index >= 15 is 0 Å². The lowest BCUT2D eigenvalue weighted by Crippen LogP contribution is -2.14. The summed E-state index contributed by atoms with van der Waals surface area (Å²) >= 11 is 0. The third kappa shape index (κ3) is 3.12. The van der Waals surface area contributed by atoms with E-state index in [-0.39, 0.29) is 10.6 Å². The highest BCUT2D eigenvalue weighted by Crippen LogP contribution is 2.34. The molecule has 25 heavy (non-hydrogen) atoms. The Labute approximate surface area is 145 Å². The molecule has 0 atom stereocenters. The SMILES string of the molecule is CCc1noc2cc(OC)c(NS(=O)(=O)c3ccccc3OC)cc12. The average molecular weight is 362 g/mol. The Bertz CT molecular complexity index is 1010. The zero-order chi connectivity index (χ0) is 18.0. The number of benzene rings is 2. The number of hydrogen-bond donors (Lipinski definition) is 1. The first-order valence-electron chi connectivity index (χ1n) is 7.62. The highest BCUT2D eigenvalue weighted by molar-refractivity contribution is 7.92. The third-order valence-electron chi connectivity index (χ3n) is 3.80. The molecule has 0 radical (unpaired) electrons. The number of methoxy groups -OCH3 is 2. The van der Waals surface area contributed by atoms with E-state index in [9.17, 15) is 8.42 Å². The van der Waals surface area contributed by atoms with Crippen LogP contribution in [0.5, 0.6) is 11.5 Å². The molecule has 132 valence electrons. The fraction of sp³-hybridized carbons (Fsp3) is 0.235. The zero-order valence-corrected chi connectivity index (χ0v) is 14.9. The van der Waals surface area contributed by atoms with Gasteiger partial charge < -0.3 is 14.0 Å². The van der Waals surface area contributed by atoms with E-state index < -0.39 is 10.0 Å². The molecule has 0 spiro atoms. The maximum atomic E-state index is 12.8. The van der Waals surface area contributed by atoms with Gasteiger partial charge in [-0.2, -0.15) is 0 Å². The topological polar surface area (TPSA) is 90.7 Å². The second-order valence-corrected chi connectivity index (χ2v) is 6.94. The Morgan fingerprint density at radius 2 is 1.84 bits per heavy atom. The Hall–Kier alpha value is -2.74. The Morgan fingerprint density at radius 3 is 2.52 bits per heavy atom. The number of nitrogens with one attached hydrogen (secondary N) is 1. The number of sulfonamides is 1. The van der Waals surface area contributed by atoms with Gasteiger partial charge in [0.1, 0.15) is 16.4 Å². The van der Waals surface area contributed by atoms with E-state index in [1.165, 1.54) is 20.3 Å². The number of rotatable bonds is 6.